The van der Waals surface area contributed by atoms with E-state index in [0.29, 0.717) is 5.92 Å². The molecule has 0 N–H and O–H groups in total. The second-order valence-electron chi connectivity index (χ2n) is 4.76. The van der Waals surface area contributed by atoms with Crippen molar-refractivity contribution in [2.24, 2.45) is 0 Å². The van der Waals surface area contributed by atoms with Gasteiger partial charge >= 0.3 is 0 Å². The minimum absolute atomic E-state index is 0.407. The van der Waals surface area contributed by atoms with Crippen LogP contribution in [0.2, 0.25) is 0 Å². The molecule has 1 heterocycles. The first-order valence-electron chi connectivity index (χ1n) is 6.10. The molecule has 0 aliphatic rings. The predicted molar refractivity (Wildman–Crippen MR) is 78.9 cm³/mol. The number of halogens is 1. The van der Waals surface area contributed by atoms with Gasteiger partial charge in [-0.1, -0.05) is 53.5 Å². The van der Waals surface area contributed by atoms with Gasteiger partial charge < -0.3 is 0 Å². The Labute approximate surface area is 117 Å². The van der Waals surface area contributed by atoms with E-state index in [0.717, 1.165) is 22.4 Å². The number of aryl methyl sites for hydroxylation is 1. The lowest BCUT2D eigenvalue weighted by Crippen LogP contribution is -2.02. The fourth-order valence-corrected chi connectivity index (χ4v) is 2.38. The van der Waals surface area contributed by atoms with Gasteiger partial charge in [-0.05, 0) is 18.9 Å². The van der Waals surface area contributed by atoms with Crippen LogP contribution in [0.1, 0.15) is 36.6 Å². The Morgan fingerprint density at radius 3 is 2.67 bits per heavy atom. The van der Waals surface area contributed by atoms with Crippen molar-refractivity contribution in [1.29, 1.82) is 0 Å². The van der Waals surface area contributed by atoms with Crippen molar-refractivity contribution in [1.82, 2.24) is 9.97 Å². The quantitative estimate of drug-likeness (QED) is 0.782. The zero-order valence-corrected chi connectivity index (χ0v) is 12.5. The summed E-state index contributed by atoms with van der Waals surface area (Å²) in [6.45, 7) is 6.41. The van der Waals surface area contributed by atoms with E-state index in [9.17, 15) is 0 Å². The number of rotatable bonds is 3. The van der Waals surface area contributed by atoms with Crippen LogP contribution in [0.4, 0.5) is 0 Å². The minimum atomic E-state index is 0.407. The third-order valence-corrected chi connectivity index (χ3v) is 3.47. The van der Waals surface area contributed by atoms with Gasteiger partial charge in [0.15, 0.2) is 5.82 Å². The van der Waals surface area contributed by atoms with E-state index >= 15 is 0 Å². The van der Waals surface area contributed by atoms with Crippen LogP contribution in [0.25, 0.3) is 11.4 Å². The van der Waals surface area contributed by atoms with E-state index in [1.54, 1.807) is 0 Å². The molecule has 2 rings (SSSR count). The van der Waals surface area contributed by atoms with Gasteiger partial charge in [0.25, 0.3) is 0 Å². The Hall–Kier alpha value is -1.22. The highest BCUT2D eigenvalue weighted by Gasteiger charge is 2.11. The molecule has 0 bridgehead atoms. The zero-order valence-electron chi connectivity index (χ0n) is 10.9. The maximum absolute atomic E-state index is 4.71. The number of benzene rings is 1. The number of hydrogen-bond donors (Lipinski definition) is 0. The van der Waals surface area contributed by atoms with Gasteiger partial charge in [-0.3, -0.25) is 0 Å². The topological polar surface area (TPSA) is 25.8 Å². The Balaban J connectivity index is 2.50. The summed E-state index contributed by atoms with van der Waals surface area (Å²) in [7, 11) is 0. The molecule has 0 amide bonds. The monoisotopic (exact) mass is 304 g/mol. The van der Waals surface area contributed by atoms with Crippen LogP contribution in [0.3, 0.4) is 0 Å². The lowest BCUT2D eigenvalue weighted by molar-refractivity contribution is 0.803. The van der Waals surface area contributed by atoms with Crippen molar-refractivity contribution in [2.45, 2.75) is 32.0 Å². The highest BCUT2D eigenvalue weighted by atomic mass is 79.9. The van der Waals surface area contributed by atoms with Crippen LogP contribution in [-0.2, 0) is 5.33 Å². The second kappa shape index (κ2) is 5.61. The number of aromatic nitrogens is 2. The molecular formula is C15H17BrN2. The van der Waals surface area contributed by atoms with Gasteiger partial charge in [-0.2, -0.15) is 0 Å². The van der Waals surface area contributed by atoms with Crippen LogP contribution in [0.15, 0.2) is 30.5 Å². The highest BCUT2D eigenvalue weighted by Crippen LogP contribution is 2.23. The van der Waals surface area contributed by atoms with E-state index in [1.165, 1.54) is 11.1 Å². The van der Waals surface area contributed by atoms with Gasteiger partial charge in [0.1, 0.15) is 0 Å². The molecule has 0 spiro atoms. The first-order chi connectivity index (χ1) is 8.61. The van der Waals surface area contributed by atoms with Gasteiger partial charge in [0.05, 0.1) is 5.69 Å². The van der Waals surface area contributed by atoms with Crippen molar-refractivity contribution >= 4 is 15.9 Å². The molecule has 0 saturated carbocycles. The standard InChI is InChI=1S/C15H17BrN2/c1-10(2)14-13(8-16)9-17-15(18-14)12-6-4-5-11(3)7-12/h4-7,9-10H,8H2,1-3H3. The smallest absolute Gasteiger partial charge is 0.159 e. The van der Waals surface area contributed by atoms with Crippen LogP contribution < -0.4 is 0 Å². The number of nitrogens with zero attached hydrogens (tertiary/aromatic N) is 2. The summed E-state index contributed by atoms with van der Waals surface area (Å²) in [4.78, 5) is 9.18. The average Bonchev–Trinajstić information content (AvgIpc) is 2.38. The summed E-state index contributed by atoms with van der Waals surface area (Å²) in [5.74, 6) is 1.22. The summed E-state index contributed by atoms with van der Waals surface area (Å²) >= 11 is 3.49. The Morgan fingerprint density at radius 2 is 2.06 bits per heavy atom. The predicted octanol–water partition coefficient (Wildman–Crippen LogP) is 4.47. The summed E-state index contributed by atoms with van der Waals surface area (Å²) in [6.07, 6.45) is 1.93. The first-order valence-corrected chi connectivity index (χ1v) is 7.22. The summed E-state index contributed by atoms with van der Waals surface area (Å²) in [5.41, 5.74) is 4.60. The summed E-state index contributed by atoms with van der Waals surface area (Å²) in [6, 6.07) is 8.30. The average molecular weight is 305 g/mol. The summed E-state index contributed by atoms with van der Waals surface area (Å²) < 4.78 is 0. The van der Waals surface area contributed by atoms with E-state index in [-0.39, 0.29) is 0 Å². The molecular weight excluding hydrogens is 288 g/mol. The molecule has 0 aliphatic heterocycles. The number of alkyl halides is 1. The van der Waals surface area contributed by atoms with Crippen molar-refractivity contribution < 1.29 is 0 Å². The number of hydrogen-bond acceptors (Lipinski definition) is 2. The largest absolute Gasteiger partial charge is 0.236 e. The molecule has 1 aromatic heterocycles. The van der Waals surface area contributed by atoms with E-state index in [2.05, 4.69) is 59.9 Å². The lowest BCUT2D eigenvalue weighted by atomic mass is 10.1. The molecule has 0 fully saturated rings. The van der Waals surface area contributed by atoms with Crippen LogP contribution in [0, 0.1) is 6.92 Å². The molecule has 0 aliphatic carbocycles. The van der Waals surface area contributed by atoms with Crippen molar-refractivity contribution in [2.75, 3.05) is 0 Å². The van der Waals surface area contributed by atoms with Crippen molar-refractivity contribution in [3.63, 3.8) is 0 Å². The Kier molecular flexibility index (Phi) is 4.12. The Bertz CT molecular complexity index is 550. The molecule has 1 aromatic carbocycles. The van der Waals surface area contributed by atoms with Crippen LogP contribution in [0.5, 0.6) is 0 Å². The van der Waals surface area contributed by atoms with Gasteiger partial charge in [-0.25, -0.2) is 9.97 Å². The minimum Gasteiger partial charge on any atom is -0.236 e. The maximum atomic E-state index is 4.71. The zero-order chi connectivity index (χ0) is 13.1. The van der Waals surface area contributed by atoms with Crippen molar-refractivity contribution in [3.8, 4) is 11.4 Å². The molecule has 0 radical (unpaired) electrons. The fourth-order valence-electron chi connectivity index (χ4n) is 1.95. The third kappa shape index (κ3) is 2.78. The first kappa shape index (κ1) is 13.2. The van der Waals surface area contributed by atoms with E-state index in [1.807, 2.05) is 12.3 Å². The SMILES string of the molecule is Cc1cccc(-c2ncc(CBr)c(C(C)C)n2)c1. The molecule has 2 aromatic rings. The molecule has 0 unspecified atom stereocenters. The van der Waals surface area contributed by atoms with Gasteiger partial charge in [0, 0.05) is 22.7 Å². The molecule has 2 nitrogen and oxygen atoms in total. The third-order valence-electron chi connectivity index (χ3n) is 2.87. The molecule has 0 atom stereocenters. The van der Waals surface area contributed by atoms with E-state index in [4.69, 9.17) is 4.98 Å². The van der Waals surface area contributed by atoms with Crippen molar-refractivity contribution in [3.05, 3.63) is 47.3 Å². The normalized spacial score (nSPS) is 10.9. The van der Waals surface area contributed by atoms with Crippen LogP contribution >= 0.6 is 15.9 Å². The second-order valence-corrected chi connectivity index (χ2v) is 5.32. The summed E-state index contributed by atoms with van der Waals surface area (Å²) in [5, 5.41) is 0.800. The Morgan fingerprint density at radius 1 is 1.28 bits per heavy atom. The molecule has 18 heavy (non-hydrogen) atoms. The van der Waals surface area contributed by atoms with E-state index < -0.39 is 0 Å². The molecule has 3 heteroatoms. The lowest BCUT2D eigenvalue weighted by Gasteiger charge is -2.11. The van der Waals surface area contributed by atoms with Gasteiger partial charge in [0.2, 0.25) is 0 Å². The highest BCUT2D eigenvalue weighted by molar-refractivity contribution is 9.08. The fraction of sp³-hybridized carbons (Fsp3) is 0.333. The van der Waals surface area contributed by atoms with Crippen LogP contribution in [-0.4, -0.2) is 9.97 Å². The van der Waals surface area contributed by atoms with Gasteiger partial charge in [-0.15, -0.1) is 0 Å². The maximum Gasteiger partial charge on any atom is 0.159 e. The molecule has 0 saturated heterocycles. The molecule has 94 valence electrons.